The van der Waals surface area contributed by atoms with Gasteiger partial charge in [-0.15, -0.1) is 0 Å². The fourth-order valence-electron chi connectivity index (χ4n) is 4.63. The van der Waals surface area contributed by atoms with E-state index in [0.717, 1.165) is 6.42 Å². The Hall–Kier alpha value is -2.95. The number of anilines is 1. The van der Waals surface area contributed by atoms with Gasteiger partial charge in [0, 0.05) is 30.2 Å². The van der Waals surface area contributed by atoms with Crippen molar-refractivity contribution >= 4 is 44.9 Å². The van der Waals surface area contributed by atoms with Crippen molar-refractivity contribution in [2.75, 3.05) is 23.9 Å². The number of benzene rings is 2. The molecule has 2 heterocycles. The van der Waals surface area contributed by atoms with Crippen LogP contribution in [0.2, 0.25) is 5.02 Å². The van der Waals surface area contributed by atoms with E-state index >= 15 is 0 Å². The number of nitrogens with zero attached hydrogens (tertiary/aromatic N) is 1. The largest absolute Gasteiger partial charge is 0.444 e. The summed E-state index contributed by atoms with van der Waals surface area (Å²) in [5, 5.41) is 2.95. The third-order valence-corrected chi connectivity index (χ3v) is 8.65. The van der Waals surface area contributed by atoms with E-state index in [0.29, 0.717) is 41.7 Å². The lowest BCUT2D eigenvalue weighted by molar-refractivity contribution is -0.120. The summed E-state index contributed by atoms with van der Waals surface area (Å²) in [5.41, 5.74) is 0.253. The molecule has 2 amide bonds. The first-order chi connectivity index (χ1) is 18.3. The van der Waals surface area contributed by atoms with Crippen LogP contribution in [0.3, 0.4) is 0 Å². The normalized spacial score (nSPS) is 20.7. The van der Waals surface area contributed by atoms with E-state index in [4.69, 9.17) is 21.1 Å². The number of fused-ring (bicyclic) bond motifs is 1. The maximum absolute atomic E-state index is 13.8. The summed E-state index contributed by atoms with van der Waals surface area (Å²) >= 11 is 6.03. The van der Waals surface area contributed by atoms with Gasteiger partial charge in [-0.2, -0.15) is 0 Å². The fourth-order valence-corrected chi connectivity index (χ4v) is 6.36. The molecule has 1 fully saturated rings. The number of ketones is 1. The first kappa shape index (κ1) is 29.0. The molecule has 2 aliphatic heterocycles. The Bertz CT molecular complexity index is 1350. The first-order valence-corrected chi connectivity index (χ1v) is 14.9. The number of Topliss-reactive ketones (excluding diaryl/α,β-unsaturated/α-hetero) is 1. The molecule has 0 saturated carbocycles. The summed E-state index contributed by atoms with van der Waals surface area (Å²) in [6, 6.07) is 9.70. The minimum Gasteiger partial charge on any atom is -0.444 e. The van der Waals surface area contributed by atoms with Crippen molar-refractivity contribution in [1.29, 1.82) is 0 Å². The molecule has 4 rings (SSSR count). The van der Waals surface area contributed by atoms with Crippen molar-refractivity contribution in [3.05, 3.63) is 58.6 Å². The molecule has 0 aromatic heterocycles. The second-order valence-corrected chi connectivity index (χ2v) is 13.3. The van der Waals surface area contributed by atoms with E-state index < -0.39 is 39.2 Å². The smallest absolute Gasteiger partial charge is 0.408 e. The van der Waals surface area contributed by atoms with E-state index in [1.165, 1.54) is 23.1 Å². The van der Waals surface area contributed by atoms with Crippen LogP contribution >= 0.6 is 11.6 Å². The number of halogens is 1. The van der Waals surface area contributed by atoms with Crippen LogP contribution in [0.1, 0.15) is 56.0 Å². The van der Waals surface area contributed by atoms with Crippen molar-refractivity contribution in [1.82, 2.24) is 5.32 Å². The van der Waals surface area contributed by atoms with Crippen molar-refractivity contribution in [3.8, 4) is 0 Å². The highest BCUT2D eigenvalue weighted by Gasteiger charge is 2.39. The Morgan fingerprint density at radius 2 is 1.87 bits per heavy atom. The van der Waals surface area contributed by atoms with Gasteiger partial charge in [0.2, 0.25) is 0 Å². The van der Waals surface area contributed by atoms with Gasteiger partial charge in [0.1, 0.15) is 11.6 Å². The molecule has 2 aromatic carbocycles. The Morgan fingerprint density at radius 3 is 2.51 bits per heavy atom. The predicted octanol–water partition coefficient (Wildman–Crippen LogP) is 4.55. The third kappa shape index (κ3) is 7.38. The van der Waals surface area contributed by atoms with Gasteiger partial charge in [-0.25, -0.2) is 13.2 Å². The van der Waals surface area contributed by atoms with Crippen LogP contribution in [0.15, 0.2) is 47.4 Å². The van der Waals surface area contributed by atoms with Crippen molar-refractivity contribution in [3.63, 3.8) is 0 Å². The van der Waals surface area contributed by atoms with Gasteiger partial charge < -0.3 is 19.7 Å². The molecule has 1 saturated heterocycles. The maximum atomic E-state index is 13.8. The van der Waals surface area contributed by atoms with Crippen LogP contribution in [0.4, 0.5) is 10.5 Å². The SMILES string of the molecule is CC(C)(C)OC(=O)N[C@H]1CS(=O)(=O)c2ccc(C(=O)CCC3CCOC3)cc2N(Cc2ccc(Cl)cc2)C1=O. The number of hydrogen-bond acceptors (Lipinski definition) is 7. The average Bonchev–Trinajstić information content (AvgIpc) is 3.36. The van der Waals surface area contributed by atoms with E-state index in [1.807, 2.05) is 0 Å². The summed E-state index contributed by atoms with van der Waals surface area (Å²) in [4.78, 5) is 40.6. The van der Waals surface area contributed by atoms with Crippen LogP contribution in [0.5, 0.6) is 0 Å². The Labute approximate surface area is 233 Å². The summed E-state index contributed by atoms with van der Waals surface area (Å²) in [6.45, 7) is 6.32. The zero-order valence-corrected chi connectivity index (χ0v) is 23.8. The molecule has 2 aromatic rings. The minimum atomic E-state index is -4.03. The van der Waals surface area contributed by atoms with Gasteiger partial charge in [0.25, 0.3) is 5.91 Å². The Balaban J connectivity index is 1.70. The van der Waals surface area contributed by atoms with Crippen LogP contribution in [0, 0.1) is 5.92 Å². The van der Waals surface area contributed by atoms with Gasteiger partial charge in [0.05, 0.1) is 22.9 Å². The molecule has 2 aliphatic rings. The highest BCUT2D eigenvalue weighted by Crippen LogP contribution is 2.34. The molecule has 0 aliphatic carbocycles. The summed E-state index contributed by atoms with van der Waals surface area (Å²) in [7, 11) is -4.03. The quantitative estimate of drug-likeness (QED) is 0.480. The van der Waals surface area contributed by atoms with E-state index in [1.54, 1.807) is 45.0 Å². The molecule has 9 nitrogen and oxygen atoms in total. The lowest BCUT2D eigenvalue weighted by Crippen LogP contribution is -2.51. The van der Waals surface area contributed by atoms with Gasteiger partial charge in [-0.05, 0) is 75.4 Å². The molecule has 1 N–H and O–H groups in total. The predicted molar refractivity (Wildman–Crippen MR) is 147 cm³/mol. The number of ether oxygens (including phenoxy) is 2. The van der Waals surface area contributed by atoms with Crippen LogP contribution in [-0.4, -0.2) is 56.8 Å². The molecule has 0 spiro atoms. The first-order valence-electron chi connectivity index (χ1n) is 12.9. The molecule has 1 unspecified atom stereocenters. The van der Waals surface area contributed by atoms with Gasteiger partial charge in [-0.3, -0.25) is 9.59 Å². The standard InChI is InChI=1S/C28H33ClN2O7S/c1-28(2,3)38-27(34)30-22-17-39(35,36)25-11-7-20(24(32)10-6-19-12-13-37-16-19)14-23(25)31(26(22)33)15-18-4-8-21(29)9-5-18/h4-5,7-9,11,14,19,22H,6,10,12-13,15-17H2,1-3H3,(H,30,34)/t19?,22-/m0/s1. The number of amides is 2. The van der Waals surface area contributed by atoms with Crippen LogP contribution in [-0.2, 0) is 30.7 Å². The summed E-state index contributed by atoms with van der Waals surface area (Å²) in [6.07, 6.45) is 0.961. The second-order valence-electron chi connectivity index (χ2n) is 10.9. The second kappa shape index (κ2) is 11.7. The lowest BCUT2D eigenvalue weighted by Gasteiger charge is -2.27. The number of carbonyl (C=O) groups excluding carboxylic acids is 3. The molecular weight excluding hydrogens is 544 g/mol. The number of carbonyl (C=O) groups is 3. The Morgan fingerprint density at radius 1 is 1.15 bits per heavy atom. The number of hydrogen-bond donors (Lipinski definition) is 1. The fraction of sp³-hybridized carbons (Fsp3) is 0.464. The number of rotatable bonds is 7. The van der Waals surface area contributed by atoms with Crippen LogP contribution in [0.25, 0.3) is 0 Å². The van der Waals surface area contributed by atoms with Gasteiger partial charge in [-0.1, -0.05) is 23.7 Å². The number of nitrogens with one attached hydrogen (secondary N) is 1. The highest BCUT2D eigenvalue weighted by molar-refractivity contribution is 7.91. The van der Waals surface area contributed by atoms with E-state index in [-0.39, 0.29) is 29.3 Å². The molecule has 0 bridgehead atoms. The molecule has 11 heteroatoms. The van der Waals surface area contributed by atoms with Gasteiger partial charge >= 0.3 is 6.09 Å². The van der Waals surface area contributed by atoms with E-state index in [9.17, 15) is 22.8 Å². The summed E-state index contributed by atoms with van der Waals surface area (Å²) < 4.78 is 37.6. The molecular formula is C28H33ClN2O7S. The maximum Gasteiger partial charge on any atom is 0.408 e. The summed E-state index contributed by atoms with van der Waals surface area (Å²) in [5.74, 6) is -1.11. The molecule has 210 valence electrons. The number of sulfone groups is 1. The zero-order chi connectivity index (χ0) is 28.4. The molecule has 39 heavy (non-hydrogen) atoms. The third-order valence-electron chi connectivity index (χ3n) is 6.61. The van der Waals surface area contributed by atoms with Crippen molar-refractivity contribution < 1.29 is 32.3 Å². The lowest BCUT2D eigenvalue weighted by atomic mass is 9.98. The average molecular weight is 577 g/mol. The van der Waals surface area contributed by atoms with Crippen molar-refractivity contribution in [2.24, 2.45) is 5.92 Å². The van der Waals surface area contributed by atoms with E-state index in [2.05, 4.69) is 5.32 Å². The van der Waals surface area contributed by atoms with Gasteiger partial charge in [0.15, 0.2) is 15.6 Å². The molecule has 0 radical (unpaired) electrons. The highest BCUT2D eigenvalue weighted by atomic mass is 35.5. The van der Waals surface area contributed by atoms with Crippen LogP contribution < -0.4 is 10.2 Å². The number of alkyl carbamates (subject to hydrolysis) is 1. The topological polar surface area (TPSA) is 119 Å². The zero-order valence-electron chi connectivity index (χ0n) is 22.2. The van der Waals surface area contributed by atoms with Crippen molar-refractivity contribution in [2.45, 2.75) is 63.1 Å². The molecule has 2 atom stereocenters. The monoisotopic (exact) mass is 576 g/mol. The minimum absolute atomic E-state index is 0.00206. The Kier molecular flexibility index (Phi) is 8.68.